The zero-order chi connectivity index (χ0) is 24.2. The van der Waals surface area contributed by atoms with Crippen LogP contribution in [0.2, 0.25) is 5.02 Å². The zero-order valence-corrected chi connectivity index (χ0v) is 19.4. The second kappa shape index (κ2) is 10.3. The van der Waals surface area contributed by atoms with Gasteiger partial charge in [-0.25, -0.2) is 14.1 Å². The molecule has 17 heteroatoms. The van der Waals surface area contributed by atoms with Crippen LogP contribution in [0.25, 0.3) is 11.2 Å². The molecule has 180 valence electrons. The van der Waals surface area contributed by atoms with Crippen molar-refractivity contribution in [2.75, 3.05) is 18.9 Å². The van der Waals surface area contributed by atoms with Crippen LogP contribution in [0.3, 0.4) is 0 Å². The highest BCUT2D eigenvalue weighted by Gasteiger charge is 2.32. The van der Waals surface area contributed by atoms with Gasteiger partial charge in [-0.1, -0.05) is 11.6 Å². The molecular weight excluding hydrogens is 504 g/mol. The Morgan fingerprint density at radius 2 is 1.82 bits per heavy atom. The number of H-pyrrole nitrogens is 1. The van der Waals surface area contributed by atoms with Crippen LogP contribution in [0, 0.1) is 0 Å². The number of phosphoric ester groups is 1. The fourth-order valence-corrected chi connectivity index (χ4v) is 4.64. The molecule has 0 bridgehead atoms. The predicted octanol–water partition coefficient (Wildman–Crippen LogP) is 1.59. The number of anilines is 1. The maximum Gasteiger partial charge on any atom is 0.481 e. The standard InChI is InChI=1S/C16H20ClN5O9P2/c17-10-3-5-11(6-4-10)29-9-7-22-12(19-14-13(22)15(23)21-16(18)20-14)2-1-8-30-33(27,28)31-32(24,25)26/h3-6H,1-2,7-9H2,(H,27,28)(H2,24,25,26)(H3,18,20,21,23). The number of benzene rings is 1. The third-order valence-electron chi connectivity index (χ3n) is 4.12. The van der Waals surface area contributed by atoms with Crippen molar-refractivity contribution in [3.63, 3.8) is 0 Å². The summed E-state index contributed by atoms with van der Waals surface area (Å²) in [6.45, 7) is -0.00361. The Hall–Kier alpha value is -2.28. The van der Waals surface area contributed by atoms with E-state index in [1.54, 1.807) is 28.8 Å². The average molecular weight is 524 g/mol. The minimum atomic E-state index is -5.21. The zero-order valence-electron chi connectivity index (χ0n) is 16.8. The van der Waals surface area contributed by atoms with Crippen molar-refractivity contribution in [1.82, 2.24) is 19.5 Å². The highest BCUT2D eigenvalue weighted by molar-refractivity contribution is 7.60. The van der Waals surface area contributed by atoms with Gasteiger partial charge >= 0.3 is 15.6 Å². The van der Waals surface area contributed by atoms with Gasteiger partial charge in [0.25, 0.3) is 5.56 Å². The number of nitrogens with zero attached hydrogens (tertiary/aromatic N) is 3. The smallest absolute Gasteiger partial charge is 0.481 e. The molecule has 0 radical (unpaired) electrons. The van der Waals surface area contributed by atoms with Crippen LogP contribution < -0.4 is 16.0 Å². The highest BCUT2D eigenvalue weighted by Crippen LogP contribution is 2.57. The first-order chi connectivity index (χ1) is 15.4. The molecule has 14 nitrogen and oxygen atoms in total. The Kier molecular flexibility index (Phi) is 7.93. The number of aromatic nitrogens is 4. The molecule has 0 saturated heterocycles. The molecule has 0 aliphatic heterocycles. The number of halogens is 1. The Morgan fingerprint density at radius 3 is 2.48 bits per heavy atom. The Morgan fingerprint density at radius 1 is 1.12 bits per heavy atom. The van der Waals surface area contributed by atoms with Crippen LogP contribution in [0.5, 0.6) is 5.75 Å². The van der Waals surface area contributed by atoms with Crippen LogP contribution in [0.1, 0.15) is 12.2 Å². The molecule has 1 unspecified atom stereocenters. The number of fused-ring (bicyclic) bond motifs is 1. The first-order valence-electron chi connectivity index (χ1n) is 9.31. The number of rotatable bonds is 11. The van der Waals surface area contributed by atoms with Gasteiger partial charge in [0, 0.05) is 11.4 Å². The first kappa shape index (κ1) is 25.3. The van der Waals surface area contributed by atoms with Crippen LogP contribution in [0.15, 0.2) is 29.1 Å². The third kappa shape index (κ3) is 7.36. The molecule has 33 heavy (non-hydrogen) atoms. The van der Waals surface area contributed by atoms with E-state index in [1.807, 2.05) is 0 Å². The summed E-state index contributed by atoms with van der Waals surface area (Å²) in [4.78, 5) is 49.7. The molecule has 3 aromatic rings. The normalized spacial score (nSPS) is 13.8. The van der Waals surface area contributed by atoms with Crippen LogP contribution >= 0.6 is 27.2 Å². The molecule has 1 aromatic carbocycles. The van der Waals surface area contributed by atoms with E-state index in [0.717, 1.165) is 0 Å². The third-order valence-corrected chi connectivity index (χ3v) is 6.55. The number of aryl methyl sites for hydroxylation is 1. The number of hydrogen-bond acceptors (Lipinski definition) is 9. The van der Waals surface area contributed by atoms with Crippen LogP contribution in [-0.4, -0.2) is 47.4 Å². The van der Waals surface area contributed by atoms with E-state index in [4.69, 9.17) is 31.9 Å². The fourth-order valence-electron chi connectivity index (χ4n) is 2.89. The molecule has 1 atom stereocenters. The maximum absolute atomic E-state index is 12.4. The highest BCUT2D eigenvalue weighted by atomic mass is 35.5. The summed E-state index contributed by atoms with van der Waals surface area (Å²) in [5.74, 6) is 0.847. The number of phosphoric acid groups is 2. The van der Waals surface area contributed by atoms with Gasteiger partial charge < -0.3 is 29.7 Å². The second-order valence-electron chi connectivity index (χ2n) is 6.58. The SMILES string of the molecule is Nc1nc2nc(CCCOP(=O)(O)OP(=O)(O)O)n(CCOc3ccc(Cl)cc3)c2c(=O)[nH]1. The van der Waals surface area contributed by atoms with Gasteiger partial charge in [0.05, 0.1) is 13.2 Å². The summed E-state index contributed by atoms with van der Waals surface area (Å²) >= 11 is 5.85. The van der Waals surface area contributed by atoms with E-state index < -0.39 is 21.2 Å². The first-order valence-corrected chi connectivity index (χ1v) is 12.7. The molecule has 0 saturated carbocycles. The molecule has 0 spiro atoms. The van der Waals surface area contributed by atoms with Gasteiger partial charge in [-0.3, -0.25) is 14.3 Å². The molecule has 0 aliphatic rings. The summed E-state index contributed by atoms with van der Waals surface area (Å²) in [7, 11) is -10.2. The van der Waals surface area contributed by atoms with Crippen molar-refractivity contribution >= 4 is 44.4 Å². The van der Waals surface area contributed by atoms with Gasteiger partial charge in [-0.2, -0.15) is 9.29 Å². The number of nitrogens with two attached hydrogens (primary N) is 1. The molecule has 3 rings (SSSR count). The van der Waals surface area contributed by atoms with E-state index in [9.17, 15) is 18.8 Å². The molecule has 6 N–H and O–H groups in total. The van der Waals surface area contributed by atoms with Crippen molar-refractivity contribution in [2.45, 2.75) is 19.4 Å². The quantitative estimate of drug-likeness (QED) is 0.179. The monoisotopic (exact) mass is 523 g/mol. The van der Waals surface area contributed by atoms with E-state index >= 15 is 0 Å². The van der Waals surface area contributed by atoms with Gasteiger partial charge in [-0.05, 0) is 30.7 Å². The van der Waals surface area contributed by atoms with E-state index in [0.29, 0.717) is 16.6 Å². The van der Waals surface area contributed by atoms with Gasteiger partial charge in [0.1, 0.15) is 18.2 Å². The average Bonchev–Trinajstić information content (AvgIpc) is 3.02. The lowest BCUT2D eigenvalue weighted by atomic mass is 10.3. The largest absolute Gasteiger partial charge is 0.492 e. The molecule has 2 aromatic heterocycles. The number of nitrogens with one attached hydrogen (secondary N) is 1. The summed E-state index contributed by atoms with van der Waals surface area (Å²) in [5.41, 5.74) is 5.35. The fraction of sp³-hybridized carbons (Fsp3) is 0.312. The van der Waals surface area contributed by atoms with Crippen molar-refractivity contribution in [3.05, 3.63) is 45.5 Å². The van der Waals surface area contributed by atoms with Crippen molar-refractivity contribution in [1.29, 1.82) is 0 Å². The summed E-state index contributed by atoms with van der Waals surface area (Å²) in [5, 5.41) is 0.557. The molecule has 0 amide bonds. The van der Waals surface area contributed by atoms with E-state index in [-0.39, 0.29) is 49.7 Å². The summed E-state index contributed by atoms with van der Waals surface area (Å²) in [6, 6.07) is 6.72. The Balaban J connectivity index is 1.71. The van der Waals surface area contributed by atoms with Crippen molar-refractivity contribution < 1.29 is 37.4 Å². The maximum atomic E-state index is 12.4. The molecule has 0 fully saturated rings. The summed E-state index contributed by atoms with van der Waals surface area (Å²) < 4.78 is 37.7. The van der Waals surface area contributed by atoms with Crippen LogP contribution in [0.4, 0.5) is 5.95 Å². The van der Waals surface area contributed by atoms with Crippen LogP contribution in [-0.2, 0) is 30.9 Å². The predicted molar refractivity (Wildman–Crippen MR) is 117 cm³/mol. The number of nitrogen functional groups attached to an aromatic ring is 1. The lowest BCUT2D eigenvalue weighted by Crippen LogP contribution is -2.18. The van der Waals surface area contributed by atoms with Crippen molar-refractivity contribution in [2.24, 2.45) is 0 Å². The van der Waals surface area contributed by atoms with E-state index in [1.165, 1.54) is 0 Å². The number of hydrogen-bond donors (Lipinski definition) is 5. The lowest BCUT2D eigenvalue weighted by Gasteiger charge is -2.13. The minimum absolute atomic E-state index is 0.101. The number of ether oxygens (including phenoxy) is 1. The molecular formula is C16H20ClN5O9P2. The minimum Gasteiger partial charge on any atom is -0.492 e. The second-order valence-corrected chi connectivity index (χ2v) is 9.85. The number of aromatic amines is 1. The Bertz CT molecular complexity index is 1270. The Labute approximate surface area is 191 Å². The number of imidazole rings is 1. The molecule has 0 aliphatic carbocycles. The van der Waals surface area contributed by atoms with Gasteiger partial charge in [0.15, 0.2) is 11.2 Å². The molecule has 2 heterocycles. The van der Waals surface area contributed by atoms with Gasteiger partial charge in [0.2, 0.25) is 5.95 Å². The van der Waals surface area contributed by atoms with Crippen molar-refractivity contribution in [3.8, 4) is 5.75 Å². The summed E-state index contributed by atoms with van der Waals surface area (Å²) in [6.07, 6.45) is 0.260. The van der Waals surface area contributed by atoms with E-state index in [2.05, 4.69) is 23.8 Å². The van der Waals surface area contributed by atoms with Gasteiger partial charge in [-0.15, -0.1) is 0 Å². The topological polar surface area (TPSA) is 212 Å². The lowest BCUT2D eigenvalue weighted by molar-refractivity contribution is 0.176.